The van der Waals surface area contributed by atoms with Gasteiger partial charge in [0.2, 0.25) is 0 Å². The zero-order valence-corrected chi connectivity index (χ0v) is 17.2. The van der Waals surface area contributed by atoms with Gasteiger partial charge in [0.15, 0.2) is 0 Å². The average Bonchev–Trinajstić information content (AvgIpc) is 2.57. The fraction of sp³-hybridized carbons (Fsp3) is 1.00. The minimum atomic E-state index is 0.402. The summed E-state index contributed by atoms with van der Waals surface area (Å²) in [6, 6.07) is 0.880. The molecule has 4 N–H and O–H groups in total. The molecular weight excluding hydrogens is 292 g/mol. The molecule has 144 valence electrons. The number of nitrogens with two attached hydrogens (primary N) is 2. The maximum atomic E-state index is 6.11. The summed E-state index contributed by atoms with van der Waals surface area (Å²) in [5.41, 5.74) is 12.8. The van der Waals surface area contributed by atoms with Crippen molar-refractivity contribution >= 4 is 0 Å². The number of unbranched alkanes of at least 4 members (excludes halogenated alkanes) is 5. The summed E-state index contributed by atoms with van der Waals surface area (Å²) in [5, 5.41) is 0. The monoisotopic (exact) mass is 338 g/mol. The summed E-state index contributed by atoms with van der Waals surface area (Å²) in [7, 11) is 0. The lowest BCUT2D eigenvalue weighted by Gasteiger charge is -2.41. The SMILES string of the molecule is CCC(C)(CCCCCCCCC(N)C(C)C)[C@H]1CC[C@H](N)CC1. The van der Waals surface area contributed by atoms with Crippen LogP contribution in [0.4, 0.5) is 0 Å². The van der Waals surface area contributed by atoms with Crippen molar-refractivity contribution < 1.29 is 0 Å². The minimum Gasteiger partial charge on any atom is -0.328 e. The Hall–Kier alpha value is -0.0800. The van der Waals surface area contributed by atoms with Crippen molar-refractivity contribution in [3.63, 3.8) is 0 Å². The van der Waals surface area contributed by atoms with Gasteiger partial charge in [0.05, 0.1) is 0 Å². The van der Waals surface area contributed by atoms with E-state index in [0.717, 1.165) is 5.92 Å². The maximum Gasteiger partial charge on any atom is 0.00618 e. The van der Waals surface area contributed by atoms with Crippen LogP contribution in [0.3, 0.4) is 0 Å². The van der Waals surface area contributed by atoms with E-state index in [9.17, 15) is 0 Å². The van der Waals surface area contributed by atoms with Crippen LogP contribution in [0, 0.1) is 17.3 Å². The fourth-order valence-electron chi connectivity index (χ4n) is 4.44. The molecule has 2 heteroatoms. The van der Waals surface area contributed by atoms with Gasteiger partial charge < -0.3 is 11.5 Å². The number of hydrogen-bond donors (Lipinski definition) is 2. The molecular formula is C22H46N2. The highest BCUT2D eigenvalue weighted by Gasteiger charge is 2.34. The van der Waals surface area contributed by atoms with Crippen LogP contribution >= 0.6 is 0 Å². The molecule has 1 aliphatic rings. The first kappa shape index (κ1) is 22.0. The van der Waals surface area contributed by atoms with Crippen molar-refractivity contribution in [3.8, 4) is 0 Å². The summed E-state index contributed by atoms with van der Waals surface area (Å²) < 4.78 is 0. The average molecular weight is 339 g/mol. The van der Waals surface area contributed by atoms with E-state index in [4.69, 9.17) is 11.5 Å². The van der Waals surface area contributed by atoms with Gasteiger partial charge >= 0.3 is 0 Å². The molecule has 0 bridgehead atoms. The highest BCUT2D eigenvalue weighted by Crippen LogP contribution is 2.44. The van der Waals surface area contributed by atoms with Gasteiger partial charge in [0.1, 0.15) is 0 Å². The number of hydrogen-bond acceptors (Lipinski definition) is 2. The third-order valence-corrected chi connectivity index (χ3v) is 6.96. The smallest absolute Gasteiger partial charge is 0.00618 e. The van der Waals surface area contributed by atoms with Crippen molar-refractivity contribution in [2.75, 3.05) is 0 Å². The molecule has 24 heavy (non-hydrogen) atoms. The Kier molecular flexibility index (Phi) is 10.5. The van der Waals surface area contributed by atoms with Crippen molar-refractivity contribution in [3.05, 3.63) is 0 Å². The molecule has 1 aliphatic carbocycles. The van der Waals surface area contributed by atoms with Gasteiger partial charge in [-0.05, 0) is 55.8 Å². The van der Waals surface area contributed by atoms with E-state index in [-0.39, 0.29) is 0 Å². The summed E-state index contributed by atoms with van der Waals surface area (Å²) >= 11 is 0. The third kappa shape index (κ3) is 7.87. The predicted octanol–water partition coefficient (Wildman–Crippen LogP) is 6.02. The fourth-order valence-corrected chi connectivity index (χ4v) is 4.44. The van der Waals surface area contributed by atoms with Crippen LogP contribution in [0.1, 0.15) is 111 Å². The van der Waals surface area contributed by atoms with Gasteiger partial charge in [-0.15, -0.1) is 0 Å². The summed E-state index contributed by atoms with van der Waals surface area (Å²) in [6.07, 6.45) is 17.5. The Morgan fingerprint density at radius 3 is 2.00 bits per heavy atom. The number of rotatable bonds is 12. The van der Waals surface area contributed by atoms with Crippen LogP contribution in [-0.4, -0.2) is 12.1 Å². The zero-order valence-electron chi connectivity index (χ0n) is 17.2. The molecule has 2 unspecified atom stereocenters. The van der Waals surface area contributed by atoms with E-state index < -0.39 is 0 Å². The Labute approximate surface area is 152 Å². The van der Waals surface area contributed by atoms with Crippen LogP contribution < -0.4 is 11.5 Å². The quantitative estimate of drug-likeness (QED) is 0.427. The maximum absolute atomic E-state index is 6.11. The molecule has 0 aromatic heterocycles. The first-order chi connectivity index (χ1) is 11.4. The van der Waals surface area contributed by atoms with E-state index in [0.29, 0.717) is 23.4 Å². The molecule has 1 rings (SSSR count). The molecule has 0 spiro atoms. The highest BCUT2D eigenvalue weighted by molar-refractivity contribution is 4.86. The van der Waals surface area contributed by atoms with E-state index in [2.05, 4.69) is 27.7 Å². The van der Waals surface area contributed by atoms with Gasteiger partial charge in [0.25, 0.3) is 0 Å². The summed E-state index contributed by atoms with van der Waals surface area (Å²) in [6.45, 7) is 9.40. The molecule has 1 saturated carbocycles. The second-order valence-electron chi connectivity index (χ2n) is 9.19. The van der Waals surface area contributed by atoms with Gasteiger partial charge in [-0.3, -0.25) is 0 Å². The lowest BCUT2D eigenvalue weighted by molar-refractivity contribution is 0.109. The summed E-state index contributed by atoms with van der Waals surface area (Å²) in [4.78, 5) is 0. The topological polar surface area (TPSA) is 52.0 Å². The van der Waals surface area contributed by atoms with Gasteiger partial charge in [0, 0.05) is 12.1 Å². The van der Waals surface area contributed by atoms with Gasteiger partial charge in [-0.2, -0.15) is 0 Å². The largest absolute Gasteiger partial charge is 0.328 e. The minimum absolute atomic E-state index is 0.402. The predicted molar refractivity (Wildman–Crippen MR) is 108 cm³/mol. The Morgan fingerprint density at radius 1 is 0.917 bits per heavy atom. The third-order valence-electron chi connectivity index (χ3n) is 6.96. The molecule has 0 aromatic rings. The van der Waals surface area contributed by atoms with Crippen molar-refractivity contribution in [1.29, 1.82) is 0 Å². The first-order valence-electron chi connectivity index (χ1n) is 10.9. The molecule has 2 nitrogen and oxygen atoms in total. The molecule has 0 saturated heterocycles. The van der Waals surface area contributed by atoms with Crippen molar-refractivity contribution in [1.82, 2.24) is 0 Å². The summed E-state index contributed by atoms with van der Waals surface area (Å²) in [5.74, 6) is 1.55. The van der Waals surface area contributed by atoms with Crippen LogP contribution in [0.25, 0.3) is 0 Å². The van der Waals surface area contributed by atoms with Crippen LogP contribution in [0.5, 0.6) is 0 Å². The molecule has 0 radical (unpaired) electrons. The molecule has 2 atom stereocenters. The van der Waals surface area contributed by atoms with E-state index in [1.807, 2.05) is 0 Å². The lowest BCUT2D eigenvalue weighted by Crippen LogP contribution is -2.34. The van der Waals surface area contributed by atoms with Crippen molar-refractivity contribution in [2.24, 2.45) is 28.7 Å². The van der Waals surface area contributed by atoms with Gasteiger partial charge in [-0.25, -0.2) is 0 Å². The molecule has 1 fully saturated rings. The Morgan fingerprint density at radius 2 is 1.46 bits per heavy atom. The molecule has 0 aliphatic heterocycles. The van der Waals surface area contributed by atoms with E-state index >= 15 is 0 Å². The standard InChI is InChI=1S/C22H46N2/c1-5-22(4,19-13-15-20(23)16-14-19)17-11-9-7-6-8-10-12-21(24)18(2)3/h18-21H,5-17,23-24H2,1-4H3/t19-,20-,21?,22?. The molecule has 0 aromatic carbocycles. The normalized spacial score (nSPS) is 25.6. The van der Waals surface area contributed by atoms with Gasteiger partial charge in [-0.1, -0.05) is 72.6 Å². The molecule has 0 heterocycles. The van der Waals surface area contributed by atoms with E-state index in [1.54, 1.807) is 0 Å². The lowest BCUT2D eigenvalue weighted by atomic mass is 9.65. The second-order valence-corrected chi connectivity index (χ2v) is 9.19. The zero-order chi connectivity index (χ0) is 18.0. The van der Waals surface area contributed by atoms with E-state index in [1.165, 1.54) is 83.5 Å². The highest BCUT2D eigenvalue weighted by atomic mass is 14.6. The Balaban J connectivity index is 2.10. The second kappa shape index (κ2) is 11.5. The Bertz CT molecular complexity index is 307. The van der Waals surface area contributed by atoms with Crippen LogP contribution in [-0.2, 0) is 0 Å². The van der Waals surface area contributed by atoms with Crippen molar-refractivity contribution in [2.45, 2.75) is 123 Å². The molecule has 0 amide bonds. The van der Waals surface area contributed by atoms with Crippen LogP contribution in [0.2, 0.25) is 0 Å². The first-order valence-corrected chi connectivity index (χ1v) is 10.9. The van der Waals surface area contributed by atoms with Crippen LogP contribution in [0.15, 0.2) is 0 Å².